The van der Waals surface area contributed by atoms with Crippen LogP contribution in [0, 0.1) is 0 Å². The van der Waals surface area contributed by atoms with Gasteiger partial charge in [0.2, 0.25) is 5.95 Å². The number of para-hydroxylation sites is 2. The minimum Gasteiger partial charge on any atom is -0.450 e. The SMILES string of the molecule is CCOC(=O)N1CCC(Nc2nc3ccccc3n2CCO)CC1. The zero-order valence-corrected chi connectivity index (χ0v) is 13.9. The fraction of sp³-hybridized carbons (Fsp3) is 0.529. The highest BCUT2D eigenvalue weighted by molar-refractivity contribution is 5.78. The number of imidazole rings is 1. The average molecular weight is 332 g/mol. The van der Waals surface area contributed by atoms with E-state index in [1.165, 1.54) is 0 Å². The van der Waals surface area contributed by atoms with Gasteiger partial charge >= 0.3 is 6.09 Å². The molecule has 2 heterocycles. The fourth-order valence-electron chi connectivity index (χ4n) is 3.12. The molecule has 2 aromatic rings. The normalized spacial score (nSPS) is 15.7. The van der Waals surface area contributed by atoms with Gasteiger partial charge in [-0.25, -0.2) is 9.78 Å². The van der Waals surface area contributed by atoms with E-state index in [9.17, 15) is 9.90 Å². The van der Waals surface area contributed by atoms with Crippen LogP contribution in [0.1, 0.15) is 19.8 Å². The van der Waals surface area contributed by atoms with Crippen LogP contribution in [0.15, 0.2) is 24.3 Å². The molecule has 0 atom stereocenters. The second kappa shape index (κ2) is 7.53. The van der Waals surface area contributed by atoms with Crippen LogP contribution in [-0.4, -0.2) is 58.0 Å². The first kappa shape index (κ1) is 16.6. The summed E-state index contributed by atoms with van der Waals surface area (Å²) in [5.74, 6) is 0.778. The molecule has 0 spiro atoms. The summed E-state index contributed by atoms with van der Waals surface area (Å²) in [7, 11) is 0. The molecule has 0 saturated carbocycles. The number of nitrogens with one attached hydrogen (secondary N) is 1. The number of rotatable bonds is 5. The first-order valence-electron chi connectivity index (χ1n) is 8.47. The maximum Gasteiger partial charge on any atom is 0.409 e. The number of benzene rings is 1. The van der Waals surface area contributed by atoms with Crippen molar-refractivity contribution >= 4 is 23.1 Å². The number of anilines is 1. The number of nitrogens with zero attached hydrogens (tertiary/aromatic N) is 3. The van der Waals surface area contributed by atoms with Crippen molar-refractivity contribution in [2.75, 3.05) is 31.6 Å². The molecule has 0 bridgehead atoms. The summed E-state index contributed by atoms with van der Waals surface area (Å²) in [5, 5.41) is 12.8. The average Bonchev–Trinajstić information content (AvgIpc) is 2.94. The molecule has 130 valence electrons. The van der Waals surface area contributed by atoms with Gasteiger partial charge in [0.05, 0.1) is 24.2 Å². The van der Waals surface area contributed by atoms with Crippen LogP contribution < -0.4 is 5.32 Å². The van der Waals surface area contributed by atoms with Crippen LogP contribution in [0.4, 0.5) is 10.7 Å². The number of ether oxygens (including phenoxy) is 1. The van der Waals surface area contributed by atoms with Crippen molar-refractivity contribution in [2.24, 2.45) is 0 Å². The Labute approximate surface area is 141 Å². The summed E-state index contributed by atoms with van der Waals surface area (Å²) in [5.41, 5.74) is 1.93. The standard InChI is InChI=1S/C17H24N4O3/c1-2-24-17(23)20-9-7-13(8-10-20)18-16-19-14-5-3-4-6-15(14)21(16)11-12-22/h3-6,13,22H,2,7-12H2,1H3,(H,18,19). The number of aliphatic hydroxyl groups is 1. The Morgan fingerprint density at radius 1 is 1.38 bits per heavy atom. The second-order valence-electron chi connectivity index (χ2n) is 5.90. The van der Waals surface area contributed by atoms with Crippen LogP contribution in [0.5, 0.6) is 0 Å². The summed E-state index contributed by atoms with van der Waals surface area (Å²) in [6, 6.07) is 8.16. The lowest BCUT2D eigenvalue weighted by atomic mass is 10.1. The highest BCUT2D eigenvalue weighted by atomic mass is 16.6. The number of carbonyl (C=O) groups is 1. The first-order chi connectivity index (χ1) is 11.7. The van der Waals surface area contributed by atoms with Crippen LogP contribution in [0.25, 0.3) is 11.0 Å². The molecular formula is C17H24N4O3. The largest absolute Gasteiger partial charge is 0.450 e. The zero-order chi connectivity index (χ0) is 16.9. The van der Waals surface area contributed by atoms with E-state index in [4.69, 9.17) is 4.74 Å². The molecule has 0 radical (unpaired) electrons. The molecule has 1 aliphatic heterocycles. The molecule has 1 saturated heterocycles. The Bertz CT molecular complexity index is 692. The van der Waals surface area contributed by atoms with Gasteiger partial charge in [-0.05, 0) is 31.9 Å². The van der Waals surface area contributed by atoms with Crippen LogP contribution >= 0.6 is 0 Å². The van der Waals surface area contributed by atoms with Gasteiger partial charge in [-0.2, -0.15) is 0 Å². The number of likely N-dealkylation sites (tertiary alicyclic amines) is 1. The Morgan fingerprint density at radius 3 is 2.83 bits per heavy atom. The smallest absolute Gasteiger partial charge is 0.409 e. The second-order valence-corrected chi connectivity index (χ2v) is 5.90. The minimum atomic E-state index is -0.233. The van der Waals surface area contributed by atoms with Gasteiger partial charge in [0.15, 0.2) is 0 Å². The van der Waals surface area contributed by atoms with Gasteiger partial charge in [-0.3, -0.25) is 0 Å². The Kier molecular flexibility index (Phi) is 5.20. The van der Waals surface area contributed by atoms with E-state index < -0.39 is 0 Å². The molecule has 1 amide bonds. The quantitative estimate of drug-likeness (QED) is 0.876. The minimum absolute atomic E-state index is 0.0658. The van der Waals surface area contributed by atoms with Gasteiger partial charge in [0.25, 0.3) is 0 Å². The number of hydrogen-bond donors (Lipinski definition) is 2. The maximum atomic E-state index is 11.8. The van der Waals surface area contributed by atoms with E-state index in [0.717, 1.165) is 29.8 Å². The Morgan fingerprint density at radius 2 is 2.12 bits per heavy atom. The zero-order valence-electron chi connectivity index (χ0n) is 13.9. The lowest BCUT2D eigenvalue weighted by Crippen LogP contribution is -2.42. The van der Waals surface area contributed by atoms with E-state index in [1.54, 1.807) is 4.90 Å². The molecule has 1 fully saturated rings. The highest BCUT2D eigenvalue weighted by Crippen LogP contribution is 2.22. The summed E-state index contributed by atoms with van der Waals surface area (Å²) in [4.78, 5) is 18.2. The Hall–Kier alpha value is -2.28. The van der Waals surface area contributed by atoms with E-state index in [-0.39, 0.29) is 18.7 Å². The van der Waals surface area contributed by atoms with Gasteiger partial charge in [0, 0.05) is 25.7 Å². The molecular weight excluding hydrogens is 308 g/mol. The van der Waals surface area contributed by atoms with Gasteiger partial charge in [-0.15, -0.1) is 0 Å². The van der Waals surface area contributed by atoms with Crippen molar-refractivity contribution in [3.63, 3.8) is 0 Å². The van der Waals surface area contributed by atoms with E-state index in [2.05, 4.69) is 10.3 Å². The van der Waals surface area contributed by atoms with Crippen molar-refractivity contribution in [2.45, 2.75) is 32.4 Å². The molecule has 0 unspecified atom stereocenters. The number of amides is 1. The Balaban J connectivity index is 1.68. The lowest BCUT2D eigenvalue weighted by Gasteiger charge is -2.31. The lowest BCUT2D eigenvalue weighted by molar-refractivity contribution is 0.0983. The van der Waals surface area contributed by atoms with Crippen LogP contribution in [0.3, 0.4) is 0 Å². The van der Waals surface area contributed by atoms with E-state index in [1.807, 2.05) is 35.8 Å². The van der Waals surface area contributed by atoms with Crippen LogP contribution in [0.2, 0.25) is 0 Å². The van der Waals surface area contributed by atoms with Crippen molar-refractivity contribution < 1.29 is 14.6 Å². The molecule has 2 N–H and O–H groups in total. The molecule has 1 aliphatic rings. The number of fused-ring (bicyclic) bond motifs is 1. The molecule has 7 nitrogen and oxygen atoms in total. The van der Waals surface area contributed by atoms with Gasteiger partial charge < -0.3 is 24.6 Å². The summed E-state index contributed by atoms with van der Waals surface area (Å²) in [6.45, 7) is 4.15. The number of carbonyl (C=O) groups excluding carboxylic acids is 1. The highest BCUT2D eigenvalue weighted by Gasteiger charge is 2.24. The molecule has 24 heavy (non-hydrogen) atoms. The fourth-order valence-corrected chi connectivity index (χ4v) is 3.12. The monoisotopic (exact) mass is 332 g/mol. The van der Waals surface area contributed by atoms with Crippen molar-refractivity contribution in [1.29, 1.82) is 0 Å². The van der Waals surface area contributed by atoms with Crippen molar-refractivity contribution in [3.8, 4) is 0 Å². The molecule has 0 aliphatic carbocycles. The summed E-state index contributed by atoms with van der Waals surface area (Å²) < 4.78 is 7.06. The van der Waals surface area contributed by atoms with Crippen molar-refractivity contribution in [1.82, 2.24) is 14.5 Å². The molecule has 3 rings (SSSR count). The number of aliphatic hydroxyl groups excluding tert-OH is 1. The topological polar surface area (TPSA) is 79.6 Å². The summed E-state index contributed by atoms with van der Waals surface area (Å²) >= 11 is 0. The molecule has 1 aromatic heterocycles. The predicted octanol–water partition coefficient (Wildman–Crippen LogP) is 2.06. The van der Waals surface area contributed by atoms with Gasteiger partial charge in [0.1, 0.15) is 0 Å². The number of hydrogen-bond acceptors (Lipinski definition) is 5. The molecule has 7 heteroatoms. The third-order valence-electron chi connectivity index (χ3n) is 4.33. The number of aromatic nitrogens is 2. The predicted molar refractivity (Wildman–Crippen MR) is 92.1 cm³/mol. The van der Waals surface area contributed by atoms with E-state index >= 15 is 0 Å². The third kappa shape index (κ3) is 3.46. The van der Waals surface area contributed by atoms with Crippen LogP contribution in [-0.2, 0) is 11.3 Å². The van der Waals surface area contributed by atoms with Crippen molar-refractivity contribution in [3.05, 3.63) is 24.3 Å². The number of piperidine rings is 1. The molecule has 1 aromatic carbocycles. The van der Waals surface area contributed by atoms with E-state index in [0.29, 0.717) is 26.2 Å². The maximum absolute atomic E-state index is 11.8. The van der Waals surface area contributed by atoms with Gasteiger partial charge in [-0.1, -0.05) is 12.1 Å². The first-order valence-corrected chi connectivity index (χ1v) is 8.47. The summed E-state index contributed by atoms with van der Waals surface area (Å²) in [6.07, 6.45) is 1.46. The third-order valence-corrected chi connectivity index (χ3v) is 4.33.